The molecule has 1 aromatic heterocycles. The van der Waals surface area contributed by atoms with Crippen molar-refractivity contribution in [2.24, 2.45) is 11.3 Å². The van der Waals surface area contributed by atoms with Gasteiger partial charge in [-0.2, -0.15) is 0 Å². The summed E-state index contributed by atoms with van der Waals surface area (Å²) in [7, 11) is 0. The number of hydrogen-bond acceptors (Lipinski definition) is 2. The molecule has 0 unspecified atom stereocenters. The topological polar surface area (TPSA) is 26.0 Å². The Hall–Kier alpha value is -0.790. The van der Waals surface area contributed by atoms with Gasteiger partial charge in [-0.05, 0) is 30.1 Å². The molecule has 12 heavy (non-hydrogen) atoms. The first-order valence-electron chi connectivity index (χ1n) is 4.62. The van der Waals surface area contributed by atoms with Crippen LogP contribution >= 0.6 is 0 Å². The molecule has 1 fully saturated rings. The van der Waals surface area contributed by atoms with Gasteiger partial charge in [0.25, 0.3) is 0 Å². The van der Waals surface area contributed by atoms with Crippen LogP contribution in [-0.2, 0) is 6.42 Å². The van der Waals surface area contributed by atoms with Gasteiger partial charge in [-0.3, -0.25) is 0 Å². The molecule has 3 aliphatic carbocycles. The Morgan fingerprint density at radius 1 is 1.58 bits per heavy atom. The minimum absolute atomic E-state index is 0.499. The van der Waals surface area contributed by atoms with Crippen molar-refractivity contribution < 1.29 is 4.52 Å². The fraction of sp³-hybridized carbons (Fsp3) is 0.700. The summed E-state index contributed by atoms with van der Waals surface area (Å²) in [5, 5.41) is 4.03. The number of hydrogen-bond donors (Lipinski definition) is 0. The lowest BCUT2D eigenvalue weighted by Crippen LogP contribution is -2.47. The van der Waals surface area contributed by atoms with Gasteiger partial charge >= 0.3 is 0 Å². The van der Waals surface area contributed by atoms with Crippen LogP contribution in [-0.4, -0.2) is 5.16 Å². The van der Waals surface area contributed by atoms with E-state index in [0.717, 1.165) is 18.3 Å². The summed E-state index contributed by atoms with van der Waals surface area (Å²) in [6, 6.07) is 0. The lowest BCUT2D eigenvalue weighted by Gasteiger charge is -2.55. The first-order valence-corrected chi connectivity index (χ1v) is 4.62. The normalized spacial score (nSPS) is 35.5. The summed E-state index contributed by atoms with van der Waals surface area (Å²) in [4.78, 5) is 0. The first kappa shape index (κ1) is 6.70. The molecule has 1 aromatic rings. The summed E-state index contributed by atoms with van der Waals surface area (Å²) in [5.74, 6) is 1.57. The van der Waals surface area contributed by atoms with E-state index in [-0.39, 0.29) is 0 Å². The van der Waals surface area contributed by atoms with Gasteiger partial charge in [0, 0.05) is 5.56 Å². The molecule has 0 aromatic carbocycles. The summed E-state index contributed by atoms with van der Waals surface area (Å²) in [6.45, 7) is 4.73. The van der Waals surface area contributed by atoms with E-state index < -0.39 is 0 Å². The third-order valence-electron chi connectivity index (χ3n) is 3.96. The fourth-order valence-electron chi connectivity index (χ4n) is 2.83. The first-order chi connectivity index (χ1) is 5.69. The fourth-order valence-corrected chi connectivity index (χ4v) is 2.83. The molecule has 1 saturated carbocycles. The summed E-state index contributed by atoms with van der Waals surface area (Å²) < 4.78 is 5.01. The van der Waals surface area contributed by atoms with Crippen molar-refractivity contribution in [2.45, 2.75) is 32.6 Å². The highest BCUT2D eigenvalue weighted by Crippen LogP contribution is 2.61. The molecule has 2 heteroatoms. The lowest BCUT2D eigenvalue weighted by molar-refractivity contribution is 0.0178. The van der Waals surface area contributed by atoms with Gasteiger partial charge in [-0.1, -0.05) is 19.0 Å². The molecule has 0 spiro atoms. The van der Waals surface area contributed by atoms with Gasteiger partial charge in [0.05, 0.1) is 5.69 Å². The molecule has 0 radical (unpaired) electrons. The van der Waals surface area contributed by atoms with Crippen LogP contribution in [0.3, 0.4) is 0 Å². The maximum Gasteiger partial charge on any atom is 0.127 e. The van der Waals surface area contributed by atoms with Crippen LogP contribution in [0, 0.1) is 11.3 Å². The standard InChI is InChI=1S/C10H13NO/c1-10(2)6-3-8(10)7-5-12-11-9(7)4-6/h5-6,8H,3-4H2,1-2H3/t6-,8+/m1/s1. The highest BCUT2D eigenvalue weighted by molar-refractivity contribution is 5.32. The zero-order valence-corrected chi connectivity index (χ0v) is 7.50. The molecule has 2 nitrogen and oxygen atoms in total. The van der Waals surface area contributed by atoms with E-state index in [1.165, 1.54) is 17.7 Å². The zero-order valence-electron chi connectivity index (χ0n) is 7.50. The van der Waals surface area contributed by atoms with Gasteiger partial charge in [0.15, 0.2) is 0 Å². The highest BCUT2D eigenvalue weighted by Gasteiger charge is 2.53. The van der Waals surface area contributed by atoms with Crippen molar-refractivity contribution >= 4 is 0 Å². The average Bonchev–Trinajstić information content (AvgIpc) is 2.49. The second-order valence-corrected chi connectivity index (χ2v) is 4.73. The predicted octanol–water partition coefficient (Wildman–Crippen LogP) is 2.36. The molecule has 2 bridgehead atoms. The van der Waals surface area contributed by atoms with E-state index >= 15 is 0 Å². The lowest BCUT2D eigenvalue weighted by atomic mass is 9.48. The van der Waals surface area contributed by atoms with E-state index in [4.69, 9.17) is 4.52 Å². The Morgan fingerprint density at radius 2 is 2.42 bits per heavy atom. The molecule has 2 atom stereocenters. The zero-order chi connectivity index (χ0) is 8.34. The molecule has 4 rings (SSSR count). The summed E-state index contributed by atoms with van der Waals surface area (Å²) in [5.41, 5.74) is 3.09. The van der Waals surface area contributed by atoms with Crippen LogP contribution in [0.15, 0.2) is 10.8 Å². The summed E-state index contributed by atoms with van der Waals surface area (Å²) >= 11 is 0. The second-order valence-electron chi connectivity index (χ2n) is 4.73. The van der Waals surface area contributed by atoms with Gasteiger partial charge in [-0.15, -0.1) is 0 Å². The molecular formula is C10H13NO. The number of nitrogens with zero attached hydrogens (tertiary/aromatic N) is 1. The third-order valence-corrected chi connectivity index (χ3v) is 3.96. The third kappa shape index (κ3) is 0.563. The average molecular weight is 163 g/mol. The van der Waals surface area contributed by atoms with Crippen molar-refractivity contribution in [1.29, 1.82) is 0 Å². The minimum atomic E-state index is 0.499. The van der Waals surface area contributed by atoms with Crippen molar-refractivity contribution in [3.8, 4) is 0 Å². The predicted molar refractivity (Wildman–Crippen MR) is 44.8 cm³/mol. The van der Waals surface area contributed by atoms with E-state index in [2.05, 4.69) is 19.0 Å². The van der Waals surface area contributed by atoms with Crippen molar-refractivity contribution in [3.63, 3.8) is 0 Å². The van der Waals surface area contributed by atoms with Crippen LogP contribution < -0.4 is 0 Å². The van der Waals surface area contributed by atoms with Crippen LogP contribution in [0.25, 0.3) is 0 Å². The van der Waals surface area contributed by atoms with Gasteiger partial charge in [-0.25, -0.2) is 0 Å². The minimum Gasteiger partial charge on any atom is -0.364 e. The van der Waals surface area contributed by atoms with Crippen LogP contribution in [0.5, 0.6) is 0 Å². The molecular weight excluding hydrogens is 150 g/mol. The maximum absolute atomic E-state index is 5.01. The van der Waals surface area contributed by atoms with E-state index in [9.17, 15) is 0 Å². The van der Waals surface area contributed by atoms with E-state index in [1.54, 1.807) is 0 Å². The van der Waals surface area contributed by atoms with Crippen molar-refractivity contribution in [1.82, 2.24) is 5.16 Å². The SMILES string of the molecule is CC1(C)[C@H]2Cc3nocc3[C@@H]1C2. The Morgan fingerprint density at radius 3 is 3.17 bits per heavy atom. The van der Waals surface area contributed by atoms with Crippen LogP contribution in [0.1, 0.15) is 37.4 Å². The molecule has 0 saturated heterocycles. The molecule has 0 N–H and O–H groups in total. The number of rotatable bonds is 0. The van der Waals surface area contributed by atoms with Gasteiger partial charge in [0.1, 0.15) is 6.26 Å². The van der Waals surface area contributed by atoms with Gasteiger partial charge in [0.2, 0.25) is 0 Å². The highest BCUT2D eigenvalue weighted by atomic mass is 16.5. The Kier molecular flexibility index (Phi) is 0.980. The van der Waals surface area contributed by atoms with E-state index in [1.807, 2.05) is 6.26 Å². The Bertz CT molecular complexity index is 326. The Labute approximate surface area is 71.9 Å². The molecule has 1 heterocycles. The molecule has 0 amide bonds. The smallest absolute Gasteiger partial charge is 0.127 e. The monoisotopic (exact) mass is 163 g/mol. The van der Waals surface area contributed by atoms with Crippen molar-refractivity contribution in [2.75, 3.05) is 0 Å². The molecule has 3 aliphatic rings. The van der Waals surface area contributed by atoms with Gasteiger partial charge < -0.3 is 4.52 Å². The van der Waals surface area contributed by atoms with Crippen molar-refractivity contribution in [3.05, 3.63) is 17.5 Å². The second kappa shape index (κ2) is 1.76. The number of aromatic nitrogens is 1. The van der Waals surface area contributed by atoms with Crippen LogP contribution in [0.4, 0.5) is 0 Å². The molecule has 64 valence electrons. The Balaban J connectivity index is 2.13. The molecule has 0 aliphatic heterocycles. The quantitative estimate of drug-likeness (QED) is 0.586. The van der Waals surface area contributed by atoms with E-state index in [0.29, 0.717) is 5.41 Å². The largest absolute Gasteiger partial charge is 0.364 e. The van der Waals surface area contributed by atoms with Crippen LogP contribution in [0.2, 0.25) is 0 Å². The summed E-state index contributed by atoms with van der Waals surface area (Å²) in [6.07, 6.45) is 4.33. The maximum atomic E-state index is 5.01.